The number of ether oxygens (including phenoxy) is 1. The molecule has 0 radical (unpaired) electrons. The minimum absolute atomic E-state index is 0.0188. The summed E-state index contributed by atoms with van der Waals surface area (Å²) in [6, 6.07) is 22.9. The van der Waals surface area contributed by atoms with Crippen LogP contribution in [0.3, 0.4) is 0 Å². The van der Waals surface area contributed by atoms with Crippen molar-refractivity contribution in [2.75, 3.05) is 20.2 Å². The minimum atomic E-state index is -0.0195. The predicted octanol–water partition coefficient (Wildman–Crippen LogP) is 4.98. The van der Waals surface area contributed by atoms with Gasteiger partial charge in [0.25, 0.3) is 5.91 Å². The van der Waals surface area contributed by atoms with E-state index in [1.54, 1.807) is 13.2 Å². The van der Waals surface area contributed by atoms with Gasteiger partial charge in [0, 0.05) is 35.3 Å². The Balaban J connectivity index is 1.30. The summed E-state index contributed by atoms with van der Waals surface area (Å²) in [6.45, 7) is 1.24. The van der Waals surface area contributed by atoms with E-state index in [4.69, 9.17) is 16.3 Å². The van der Waals surface area contributed by atoms with E-state index in [0.29, 0.717) is 30.1 Å². The number of rotatable bonds is 6. The van der Waals surface area contributed by atoms with Crippen LogP contribution in [0.15, 0.2) is 72.8 Å². The molecular formula is C27H27ClN2O3. The third-order valence-corrected chi connectivity index (χ3v) is 6.19. The first-order valence-corrected chi connectivity index (χ1v) is 11.5. The molecule has 33 heavy (non-hydrogen) atoms. The van der Waals surface area contributed by atoms with Crippen LogP contribution in [0.1, 0.15) is 28.8 Å². The predicted molar refractivity (Wildman–Crippen MR) is 131 cm³/mol. The zero-order valence-corrected chi connectivity index (χ0v) is 19.3. The number of methoxy groups -OCH3 is 1. The highest BCUT2D eigenvalue weighted by atomic mass is 35.5. The van der Waals surface area contributed by atoms with Crippen LogP contribution in [0.5, 0.6) is 5.75 Å². The van der Waals surface area contributed by atoms with Crippen molar-refractivity contribution in [3.63, 3.8) is 0 Å². The Labute approximate surface area is 199 Å². The standard InChI is InChI=1S/C27H27ClN2O3/c1-33-25-8-3-2-7-24(25)20-9-11-21(12-10-20)27(32)30-15-13-23(14-16-30)29-26(31)18-19-5-4-6-22(28)17-19/h2-12,17,23H,13-16,18H2,1H3,(H,29,31). The van der Waals surface area contributed by atoms with Gasteiger partial charge >= 0.3 is 0 Å². The van der Waals surface area contributed by atoms with Crippen molar-refractivity contribution in [3.05, 3.63) is 88.9 Å². The first-order chi connectivity index (χ1) is 16.0. The van der Waals surface area contributed by atoms with Crippen molar-refractivity contribution >= 4 is 23.4 Å². The summed E-state index contributed by atoms with van der Waals surface area (Å²) >= 11 is 6.00. The maximum Gasteiger partial charge on any atom is 0.253 e. The largest absolute Gasteiger partial charge is 0.496 e. The van der Waals surface area contributed by atoms with Crippen molar-refractivity contribution < 1.29 is 14.3 Å². The van der Waals surface area contributed by atoms with Gasteiger partial charge in [0.1, 0.15) is 5.75 Å². The minimum Gasteiger partial charge on any atom is -0.496 e. The van der Waals surface area contributed by atoms with Gasteiger partial charge in [0.05, 0.1) is 13.5 Å². The molecule has 0 bridgehead atoms. The SMILES string of the molecule is COc1ccccc1-c1ccc(C(=O)N2CCC(NC(=O)Cc3cccc(Cl)c3)CC2)cc1. The number of hydrogen-bond acceptors (Lipinski definition) is 3. The van der Waals surface area contributed by atoms with Gasteiger partial charge in [-0.05, 0) is 54.3 Å². The highest BCUT2D eigenvalue weighted by Crippen LogP contribution is 2.29. The second kappa shape index (κ2) is 10.5. The van der Waals surface area contributed by atoms with Gasteiger partial charge in [-0.25, -0.2) is 0 Å². The summed E-state index contributed by atoms with van der Waals surface area (Å²) in [5.74, 6) is 0.801. The summed E-state index contributed by atoms with van der Waals surface area (Å²) in [5, 5.41) is 3.72. The van der Waals surface area contributed by atoms with Crippen LogP contribution in [0.2, 0.25) is 5.02 Å². The molecule has 3 aromatic carbocycles. The number of piperidine rings is 1. The van der Waals surface area contributed by atoms with Crippen molar-refractivity contribution in [1.29, 1.82) is 0 Å². The quantitative estimate of drug-likeness (QED) is 0.562. The van der Waals surface area contributed by atoms with Gasteiger partial charge in [-0.2, -0.15) is 0 Å². The summed E-state index contributed by atoms with van der Waals surface area (Å²) < 4.78 is 5.44. The third-order valence-electron chi connectivity index (χ3n) is 5.95. The Bertz CT molecular complexity index is 1120. The maximum atomic E-state index is 13.0. The number of likely N-dealkylation sites (tertiary alicyclic amines) is 1. The second-order valence-corrected chi connectivity index (χ2v) is 8.65. The smallest absolute Gasteiger partial charge is 0.253 e. The molecule has 1 saturated heterocycles. The average Bonchev–Trinajstić information content (AvgIpc) is 2.84. The number of carbonyl (C=O) groups is 2. The number of hydrogen-bond donors (Lipinski definition) is 1. The number of benzene rings is 3. The van der Waals surface area contributed by atoms with E-state index in [0.717, 1.165) is 35.3 Å². The number of carbonyl (C=O) groups excluding carboxylic acids is 2. The number of nitrogens with zero attached hydrogens (tertiary/aromatic N) is 1. The van der Waals surface area contributed by atoms with E-state index in [1.807, 2.05) is 71.6 Å². The van der Waals surface area contributed by atoms with Crippen molar-refractivity contribution in [3.8, 4) is 16.9 Å². The molecule has 1 heterocycles. The molecule has 0 aromatic heterocycles. The fraction of sp³-hybridized carbons (Fsp3) is 0.259. The molecule has 0 atom stereocenters. The molecule has 4 rings (SSSR count). The maximum absolute atomic E-state index is 13.0. The normalized spacial score (nSPS) is 14.1. The molecule has 170 valence electrons. The van der Waals surface area contributed by atoms with Crippen LogP contribution in [0.25, 0.3) is 11.1 Å². The van der Waals surface area contributed by atoms with Gasteiger partial charge in [0.15, 0.2) is 0 Å². The van der Waals surface area contributed by atoms with Gasteiger partial charge in [-0.3, -0.25) is 9.59 Å². The lowest BCUT2D eigenvalue weighted by atomic mass is 10.0. The molecule has 3 aromatic rings. The van der Waals surface area contributed by atoms with E-state index in [1.165, 1.54) is 0 Å². The van der Waals surface area contributed by atoms with E-state index >= 15 is 0 Å². The highest BCUT2D eigenvalue weighted by Gasteiger charge is 2.24. The fourth-order valence-corrected chi connectivity index (χ4v) is 4.41. The lowest BCUT2D eigenvalue weighted by Crippen LogP contribution is -2.46. The van der Waals surface area contributed by atoms with Crippen LogP contribution >= 0.6 is 11.6 Å². The Kier molecular flexibility index (Phi) is 7.30. The molecule has 0 aliphatic carbocycles. The molecule has 0 unspecified atom stereocenters. The van der Waals surface area contributed by atoms with Crippen molar-refractivity contribution in [1.82, 2.24) is 10.2 Å². The molecule has 1 aliphatic heterocycles. The lowest BCUT2D eigenvalue weighted by molar-refractivity contribution is -0.121. The molecule has 1 fully saturated rings. The van der Waals surface area contributed by atoms with Crippen LogP contribution < -0.4 is 10.1 Å². The molecule has 0 spiro atoms. The number of halogens is 1. The van der Waals surface area contributed by atoms with E-state index < -0.39 is 0 Å². The fourth-order valence-electron chi connectivity index (χ4n) is 4.20. The molecule has 5 nitrogen and oxygen atoms in total. The Morgan fingerprint density at radius 2 is 1.73 bits per heavy atom. The van der Waals surface area contributed by atoms with Gasteiger partial charge in [-0.1, -0.05) is 54.1 Å². The van der Waals surface area contributed by atoms with Crippen LogP contribution in [-0.4, -0.2) is 43.0 Å². The Morgan fingerprint density at radius 1 is 1.00 bits per heavy atom. The van der Waals surface area contributed by atoms with E-state index in [-0.39, 0.29) is 17.9 Å². The van der Waals surface area contributed by atoms with Gasteiger partial charge in [-0.15, -0.1) is 0 Å². The van der Waals surface area contributed by atoms with Crippen LogP contribution in [0, 0.1) is 0 Å². The molecular weight excluding hydrogens is 436 g/mol. The molecule has 1 aliphatic rings. The Hall–Kier alpha value is -3.31. The van der Waals surface area contributed by atoms with E-state index in [2.05, 4.69) is 5.32 Å². The number of nitrogens with one attached hydrogen (secondary N) is 1. The summed E-state index contributed by atoms with van der Waals surface area (Å²) in [5.41, 5.74) is 3.56. The molecule has 1 N–H and O–H groups in total. The van der Waals surface area contributed by atoms with Crippen LogP contribution in [-0.2, 0) is 11.2 Å². The third kappa shape index (κ3) is 5.74. The van der Waals surface area contributed by atoms with Crippen LogP contribution in [0.4, 0.5) is 0 Å². The highest BCUT2D eigenvalue weighted by molar-refractivity contribution is 6.30. The lowest BCUT2D eigenvalue weighted by Gasteiger charge is -2.32. The average molecular weight is 463 g/mol. The summed E-state index contributed by atoms with van der Waals surface area (Å²) in [7, 11) is 1.65. The van der Waals surface area contributed by atoms with Crippen molar-refractivity contribution in [2.24, 2.45) is 0 Å². The monoisotopic (exact) mass is 462 g/mol. The van der Waals surface area contributed by atoms with Gasteiger partial charge < -0.3 is 15.0 Å². The first kappa shape index (κ1) is 22.9. The molecule has 0 saturated carbocycles. The van der Waals surface area contributed by atoms with E-state index in [9.17, 15) is 9.59 Å². The zero-order valence-electron chi connectivity index (χ0n) is 18.6. The number of para-hydroxylation sites is 1. The van der Waals surface area contributed by atoms with Gasteiger partial charge in [0.2, 0.25) is 5.91 Å². The number of amides is 2. The Morgan fingerprint density at radius 3 is 2.42 bits per heavy atom. The second-order valence-electron chi connectivity index (χ2n) is 8.22. The topological polar surface area (TPSA) is 58.6 Å². The molecule has 2 amide bonds. The molecule has 6 heteroatoms. The zero-order chi connectivity index (χ0) is 23.2. The summed E-state index contributed by atoms with van der Waals surface area (Å²) in [6.07, 6.45) is 1.79. The summed E-state index contributed by atoms with van der Waals surface area (Å²) in [4.78, 5) is 27.2. The first-order valence-electron chi connectivity index (χ1n) is 11.1. The van der Waals surface area contributed by atoms with Crippen molar-refractivity contribution in [2.45, 2.75) is 25.3 Å².